The van der Waals surface area contributed by atoms with E-state index in [9.17, 15) is 0 Å². The third-order valence-corrected chi connectivity index (χ3v) is 3.35. The molecular formula is C20H26N2Pd. The van der Waals surface area contributed by atoms with E-state index in [2.05, 4.69) is 74.1 Å². The molecule has 0 aliphatic carbocycles. The van der Waals surface area contributed by atoms with Gasteiger partial charge in [-0.1, -0.05) is 36.4 Å². The Kier molecular flexibility index (Phi) is 11.4. The molecule has 0 fully saturated rings. The summed E-state index contributed by atoms with van der Waals surface area (Å²) in [4.78, 5) is 9.01. The van der Waals surface area contributed by atoms with Crippen molar-refractivity contribution in [3.63, 3.8) is 0 Å². The molecule has 0 saturated heterocycles. The van der Waals surface area contributed by atoms with Crippen molar-refractivity contribution in [2.24, 2.45) is 9.98 Å². The third kappa shape index (κ3) is 6.22. The van der Waals surface area contributed by atoms with Gasteiger partial charge in [-0.05, 0) is 49.9 Å². The Labute approximate surface area is 155 Å². The quantitative estimate of drug-likeness (QED) is 0.347. The Balaban J connectivity index is 0. The molecule has 0 N–H and O–H groups in total. The summed E-state index contributed by atoms with van der Waals surface area (Å²) in [7, 11) is 0. The molecule has 2 aromatic carbocycles. The maximum absolute atomic E-state index is 4.51. The van der Waals surface area contributed by atoms with Gasteiger partial charge in [0.25, 0.3) is 0 Å². The van der Waals surface area contributed by atoms with E-state index in [0.717, 1.165) is 11.4 Å². The Hall–Kier alpha value is -1.56. The van der Waals surface area contributed by atoms with Gasteiger partial charge in [0, 0.05) is 12.4 Å². The predicted molar refractivity (Wildman–Crippen MR) is 101 cm³/mol. The topological polar surface area (TPSA) is 24.7 Å². The van der Waals surface area contributed by atoms with Crippen molar-refractivity contribution in [1.29, 1.82) is 0 Å². The average Bonchev–Trinajstić information content (AvgIpc) is 2.40. The van der Waals surface area contributed by atoms with Crippen LogP contribution < -0.4 is 0 Å². The van der Waals surface area contributed by atoms with Gasteiger partial charge in [-0.2, -0.15) is 0 Å². The van der Waals surface area contributed by atoms with Crippen LogP contribution in [-0.2, 0) is 20.4 Å². The van der Waals surface area contributed by atoms with E-state index in [4.69, 9.17) is 0 Å². The smallest absolute Gasteiger partial charge is 0.358 e. The summed E-state index contributed by atoms with van der Waals surface area (Å²) < 4.78 is 0. The van der Waals surface area contributed by atoms with Gasteiger partial charge < -0.3 is 14.9 Å². The SMILES string of the molecule is Cc1cccc(C)c1N=CC=Nc1c(C)cccc1C.[CH3-].[CH3-].[Pd+2]. The van der Waals surface area contributed by atoms with Gasteiger partial charge in [-0.15, -0.1) is 0 Å². The minimum absolute atomic E-state index is 0. The molecule has 23 heavy (non-hydrogen) atoms. The molecule has 0 heterocycles. The molecule has 0 radical (unpaired) electrons. The number of para-hydroxylation sites is 2. The first-order chi connectivity index (χ1) is 9.59. The van der Waals surface area contributed by atoms with E-state index >= 15 is 0 Å². The van der Waals surface area contributed by atoms with Crippen LogP contribution in [0.2, 0.25) is 0 Å². The van der Waals surface area contributed by atoms with E-state index in [1.807, 2.05) is 0 Å². The van der Waals surface area contributed by atoms with Crippen molar-refractivity contribution >= 4 is 23.8 Å². The maximum atomic E-state index is 4.51. The van der Waals surface area contributed by atoms with Gasteiger partial charge in [-0.3, -0.25) is 9.98 Å². The van der Waals surface area contributed by atoms with Crippen molar-refractivity contribution in [1.82, 2.24) is 0 Å². The van der Waals surface area contributed by atoms with Gasteiger partial charge in [-0.25, -0.2) is 0 Å². The van der Waals surface area contributed by atoms with E-state index in [-0.39, 0.29) is 35.3 Å². The zero-order chi connectivity index (χ0) is 14.5. The molecule has 3 heteroatoms. The molecule has 2 nitrogen and oxygen atoms in total. The van der Waals surface area contributed by atoms with Crippen LogP contribution in [0.5, 0.6) is 0 Å². The molecule has 0 atom stereocenters. The first-order valence-electron chi connectivity index (χ1n) is 6.78. The number of benzene rings is 2. The number of rotatable bonds is 3. The molecule has 0 bridgehead atoms. The number of nitrogens with zero attached hydrogens (tertiary/aromatic N) is 2. The summed E-state index contributed by atoms with van der Waals surface area (Å²) in [6.45, 7) is 8.29. The second-order valence-corrected chi connectivity index (χ2v) is 5.04. The van der Waals surface area contributed by atoms with E-state index in [1.165, 1.54) is 22.3 Å². The minimum atomic E-state index is 0. The molecule has 0 unspecified atom stereocenters. The number of aryl methyl sites for hydroxylation is 4. The normalized spacial score (nSPS) is 10.1. The summed E-state index contributed by atoms with van der Waals surface area (Å²) >= 11 is 0. The molecule has 0 aliphatic heterocycles. The fraction of sp³-hybridized carbons (Fsp3) is 0.200. The zero-order valence-electron chi connectivity index (χ0n) is 14.8. The first-order valence-corrected chi connectivity index (χ1v) is 6.78. The molecular weight excluding hydrogens is 375 g/mol. The van der Waals surface area contributed by atoms with Crippen LogP contribution in [0.4, 0.5) is 11.4 Å². The Bertz CT molecular complexity index is 573. The second kappa shape index (κ2) is 11.1. The van der Waals surface area contributed by atoms with Crippen LogP contribution >= 0.6 is 0 Å². The van der Waals surface area contributed by atoms with Crippen molar-refractivity contribution in [2.75, 3.05) is 0 Å². The zero-order valence-corrected chi connectivity index (χ0v) is 16.4. The van der Waals surface area contributed by atoms with Crippen LogP contribution in [0.15, 0.2) is 46.4 Å². The van der Waals surface area contributed by atoms with Gasteiger partial charge in [0.05, 0.1) is 11.4 Å². The van der Waals surface area contributed by atoms with Gasteiger partial charge in [0.1, 0.15) is 0 Å². The molecule has 2 aromatic rings. The summed E-state index contributed by atoms with van der Waals surface area (Å²) in [6.07, 6.45) is 3.53. The molecule has 0 saturated carbocycles. The van der Waals surface area contributed by atoms with Crippen LogP contribution in [0.3, 0.4) is 0 Å². The number of aliphatic imine (C=N–C) groups is 2. The van der Waals surface area contributed by atoms with Crippen LogP contribution in [0.25, 0.3) is 0 Å². The van der Waals surface area contributed by atoms with Crippen molar-refractivity contribution in [3.8, 4) is 0 Å². The van der Waals surface area contributed by atoms with Crippen LogP contribution in [-0.4, -0.2) is 12.4 Å². The Morgan fingerprint density at radius 2 is 0.870 bits per heavy atom. The summed E-state index contributed by atoms with van der Waals surface area (Å²) in [6, 6.07) is 12.4. The second-order valence-electron chi connectivity index (χ2n) is 5.04. The predicted octanol–water partition coefficient (Wildman–Crippen LogP) is 5.92. The summed E-state index contributed by atoms with van der Waals surface area (Å²) in [5.74, 6) is 0. The van der Waals surface area contributed by atoms with Crippen LogP contribution in [0, 0.1) is 42.5 Å². The molecule has 0 aromatic heterocycles. The van der Waals surface area contributed by atoms with E-state index in [0.29, 0.717) is 0 Å². The maximum Gasteiger partial charge on any atom is 2.00 e. The monoisotopic (exact) mass is 400 g/mol. The van der Waals surface area contributed by atoms with Gasteiger partial charge >= 0.3 is 20.4 Å². The minimum Gasteiger partial charge on any atom is -0.358 e. The van der Waals surface area contributed by atoms with Crippen molar-refractivity contribution in [2.45, 2.75) is 27.7 Å². The number of hydrogen-bond acceptors (Lipinski definition) is 2. The largest absolute Gasteiger partial charge is 2.00 e. The molecule has 0 aliphatic rings. The molecule has 0 amide bonds. The number of hydrogen-bond donors (Lipinski definition) is 0. The molecule has 0 spiro atoms. The fourth-order valence-corrected chi connectivity index (χ4v) is 2.23. The van der Waals surface area contributed by atoms with Crippen LogP contribution in [0.1, 0.15) is 22.3 Å². The average molecular weight is 401 g/mol. The van der Waals surface area contributed by atoms with E-state index < -0.39 is 0 Å². The summed E-state index contributed by atoms with van der Waals surface area (Å²) in [5.41, 5.74) is 6.79. The Morgan fingerprint density at radius 3 is 1.13 bits per heavy atom. The first kappa shape index (κ1) is 23.7. The Morgan fingerprint density at radius 1 is 0.609 bits per heavy atom. The third-order valence-electron chi connectivity index (χ3n) is 3.35. The van der Waals surface area contributed by atoms with Gasteiger partial charge in [0.15, 0.2) is 0 Å². The van der Waals surface area contributed by atoms with Gasteiger partial charge in [0.2, 0.25) is 0 Å². The molecule has 2 rings (SSSR count). The summed E-state index contributed by atoms with van der Waals surface area (Å²) in [5, 5.41) is 0. The fourth-order valence-electron chi connectivity index (χ4n) is 2.23. The van der Waals surface area contributed by atoms with Crippen molar-refractivity contribution < 1.29 is 20.4 Å². The standard InChI is InChI=1S/C18H20N2.2CH3.Pd/c1-13-7-5-8-14(2)17(13)19-11-12-20-18-15(3)9-6-10-16(18)4;;;/h5-12H,1-4H3;2*1H3;/q;2*-1;+2. The van der Waals surface area contributed by atoms with Crippen molar-refractivity contribution in [3.05, 3.63) is 73.5 Å². The molecule has 126 valence electrons. The van der Waals surface area contributed by atoms with E-state index in [1.54, 1.807) is 12.4 Å².